The number of rotatable bonds is 7. The fourth-order valence-electron chi connectivity index (χ4n) is 4.41. The van der Waals surface area contributed by atoms with E-state index in [1.807, 2.05) is 51.1 Å². The zero-order valence-electron chi connectivity index (χ0n) is 18.1. The molecular weight excluding hydrogens is 362 g/mol. The summed E-state index contributed by atoms with van der Waals surface area (Å²) in [5, 5.41) is 3.12. The van der Waals surface area contributed by atoms with Crippen LogP contribution in [-0.4, -0.2) is 18.1 Å². The van der Waals surface area contributed by atoms with Gasteiger partial charge in [-0.3, -0.25) is 4.79 Å². The SMILES string of the molecule is CCOC1(C(=O)Nc2cc(C)c(OCc3ccccc3)c(C)c2)CCCC(C)C1. The van der Waals surface area contributed by atoms with E-state index in [-0.39, 0.29) is 5.91 Å². The van der Waals surface area contributed by atoms with E-state index < -0.39 is 5.60 Å². The summed E-state index contributed by atoms with van der Waals surface area (Å²) in [6, 6.07) is 14.1. The van der Waals surface area contributed by atoms with E-state index in [2.05, 4.69) is 24.4 Å². The number of amides is 1. The van der Waals surface area contributed by atoms with Gasteiger partial charge in [0.2, 0.25) is 0 Å². The lowest BCUT2D eigenvalue weighted by Gasteiger charge is -2.38. The van der Waals surface area contributed by atoms with Crippen molar-refractivity contribution in [3.05, 3.63) is 59.2 Å². The van der Waals surface area contributed by atoms with Crippen LogP contribution in [0.2, 0.25) is 0 Å². The van der Waals surface area contributed by atoms with Crippen LogP contribution in [0, 0.1) is 19.8 Å². The molecule has 1 aliphatic carbocycles. The molecule has 4 heteroatoms. The molecule has 3 rings (SSSR count). The first-order valence-electron chi connectivity index (χ1n) is 10.7. The van der Waals surface area contributed by atoms with Gasteiger partial charge in [-0.25, -0.2) is 0 Å². The molecule has 1 saturated carbocycles. The molecule has 2 aromatic carbocycles. The van der Waals surface area contributed by atoms with Crippen molar-refractivity contribution in [2.45, 2.75) is 65.6 Å². The third-order valence-corrected chi connectivity index (χ3v) is 5.73. The van der Waals surface area contributed by atoms with Crippen LogP contribution in [0.1, 0.15) is 56.2 Å². The Kier molecular flexibility index (Phi) is 6.96. The lowest BCUT2D eigenvalue weighted by atomic mass is 9.78. The molecule has 1 fully saturated rings. The van der Waals surface area contributed by atoms with E-state index in [4.69, 9.17) is 9.47 Å². The van der Waals surface area contributed by atoms with Crippen LogP contribution in [-0.2, 0) is 16.1 Å². The highest BCUT2D eigenvalue weighted by Gasteiger charge is 2.42. The van der Waals surface area contributed by atoms with E-state index in [1.165, 1.54) is 0 Å². The monoisotopic (exact) mass is 395 g/mol. The molecule has 1 aliphatic rings. The van der Waals surface area contributed by atoms with Gasteiger partial charge in [-0.15, -0.1) is 0 Å². The molecule has 0 heterocycles. The second-order valence-electron chi connectivity index (χ2n) is 8.30. The largest absolute Gasteiger partial charge is 0.488 e. The molecule has 2 unspecified atom stereocenters. The van der Waals surface area contributed by atoms with Crippen molar-refractivity contribution < 1.29 is 14.3 Å². The van der Waals surface area contributed by atoms with Crippen LogP contribution in [0.3, 0.4) is 0 Å². The summed E-state index contributed by atoms with van der Waals surface area (Å²) >= 11 is 0. The highest BCUT2D eigenvalue weighted by Crippen LogP contribution is 2.37. The minimum Gasteiger partial charge on any atom is -0.488 e. The number of hydrogen-bond donors (Lipinski definition) is 1. The molecule has 156 valence electrons. The molecule has 2 aromatic rings. The van der Waals surface area contributed by atoms with Crippen LogP contribution < -0.4 is 10.1 Å². The van der Waals surface area contributed by atoms with Crippen molar-refractivity contribution in [2.75, 3.05) is 11.9 Å². The summed E-state index contributed by atoms with van der Waals surface area (Å²) in [5.74, 6) is 1.35. The van der Waals surface area contributed by atoms with Crippen molar-refractivity contribution in [3.63, 3.8) is 0 Å². The molecule has 29 heavy (non-hydrogen) atoms. The maximum Gasteiger partial charge on any atom is 0.256 e. The summed E-state index contributed by atoms with van der Waals surface area (Å²) in [7, 11) is 0. The third kappa shape index (κ3) is 5.18. The molecule has 1 N–H and O–H groups in total. The molecule has 0 aliphatic heterocycles. The van der Waals surface area contributed by atoms with Crippen LogP contribution in [0.4, 0.5) is 5.69 Å². The molecule has 1 amide bonds. The zero-order chi connectivity index (χ0) is 20.9. The maximum atomic E-state index is 13.2. The Balaban J connectivity index is 1.73. The van der Waals surface area contributed by atoms with Gasteiger partial charge in [-0.05, 0) is 74.8 Å². The predicted molar refractivity (Wildman–Crippen MR) is 117 cm³/mol. The first-order chi connectivity index (χ1) is 13.9. The number of ether oxygens (including phenoxy) is 2. The van der Waals surface area contributed by atoms with E-state index >= 15 is 0 Å². The number of carbonyl (C=O) groups excluding carboxylic acids is 1. The van der Waals surface area contributed by atoms with Crippen molar-refractivity contribution in [1.82, 2.24) is 0 Å². The van der Waals surface area contributed by atoms with Gasteiger partial charge < -0.3 is 14.8 Å². The van der Waals surface area contributed by atoms with Crippen LogP contribution in [0.15, 0.2) is 42.5 Å². The van der Waals surface area contributed by atoms with E-state index in [9.17, 15) is 4.79 Å². The van der Waals surface area contributed by atoms with Crippen molar-refractivity contribution >= 4 is 11.6 Å². The van der Waals surface area contributed by atoms with E-state index in [0.717, 1.165) is 53.8 Å². The Labute approximate surface area is 174 Å². The number of hydrogen-bond acceptors (Lipinski definition) is 3. The van der Waals surface area contributed by atoms with E-state index in [0.29, 0.717) is 19.1 Å². The average molecular weight is 396 g/mol. The number of anilines is 1. The fraction of sp³-hybridized carbons (Fsp3) is 0.480. The molecule has 4 nitrogen and oxygen atoms in total. The summed E-state index contributed by atoms with van der Waals surface area (Å²) in [6.07, 6.45) is 3.75. The summed E-state index contributed by atoms with van der Waals surface area (Å²) < 4.78 is 12.1. The highest BCUT2D eigenvalue weighted by molar-refractivity contribution is 5.97. The summed E-state index contributed by atoms with van der Waals surface area (Å²) in [6.45, 7) is 9.27. The van der Waals surface area contributed by atoms with Gasteiger partial charge in [-0.2, -0.15) is 0 Å². The molecule has 0 aromatic heterocycles. The van der Waals surface area contributed by atoms with Gasteiger partial charge in [0.1, 0.15) is 18.0 Å². The smallest absolute Gasteiger partial charge is 0.256 e. The summed E-state index contributed by atoms with van der Waals surface area (Å²) in [5.41, 5.74) is 3.25. The molecular formula is C25H33NO3. The number of carbonyl (C=O) groups is 1. The van der Waals surface area contributed by atoms with Crippen molar-refractivity contribution in [2.24, 2.45) is 5.92 Å². The Hall–Kier alpha value is -2.33. The van der Waals surface area contributed by atoms with Gasteiger partial charge in [0.15, 0.2) is 0 Å². The second kappa shape index (κ2) is 9.45. The topological polar surface area (TPSA) is 47.6 Å². The predicted octanol–water partition coefficient (Wildman–Crippen LogP) is 5.81. The molecule has 0 radical (unpaired) electrons. The van der Waals surface area contributed by atoms with E-state index in [1.54, 1.807) is 0 Å². The van der Waals surface area contributed by atoms with Gasteiger partial charge in [0.25, 0.3) is 5.91 Å². The van der Waals surface area contributed by atoms with Gasteiger partial charge in [0.05, 0.1) is 0 Å². The lowest BCUT2D eigenvalue weighted by Crippen LogP contribution is -2.48. The first kappa shape index (κ1) is 21.4. The van der Waals surface area contributed by atoms with Gasteiger partial charge >= 0.3 is 0 Å². The highest BCUT2D eigenvalue weighted by atomic mass is 16.5. The van der Waals surface area contributed by atoms with Crippen LogP contribution >= 0.6 is 0 Å². The maximum absolute atomic E-state index is 13.2. The minimum absolute atomic E-state index is 0.0253. The molecule has 0 bridgehead atoms. The van der Waals surface area contributed by atoms with Crippen molar-refractivity contribution in [3.8, 4) is 5.75 Å². The average Bonchev–Trinajstić information content (AvgIpc) is 2.68. The molecule has 0 saturated heterocycles. The Morgan fingerprint density at radius 3 is 2.48 bits per heavy atom. The molecule has 0 spiro atoms. The Morgan fingerprint density at radius 2 is 1.86 bits per heavy atom. The van der Waals surface area contributed by atoms with Gasteiger partial charge in [0, 0.05) is 12.3 Å². The number of benzene rings is 2. The Bertz CT molecular complexity index is 806. The lowest BCUT2D eigenvalue weighted by molar-refractivity contribution is -0.147. The summed E-state index contributed by atoms with van der Waals surface area (Å²) in [4.78, 5) is 13.2. The number of aryl methyl sites for hydroxylation is 2. The first-order valence-corrected chi connectivity index (χ1v) is 10.7. The minimum atomic E-state index is -0.712. The number of nitrogens with one attached hydrogen (secondary N) is 1. The normalized spacial score (nSPS) is 21.6. The quantitative estimate of drug-likeness (QED) is 0.644. The second-order valence-corrected chi connectivity index (χ2v) is 8.30. The fourth-order valence-corrected chi connectivity index (χ4v) is 4.41. The van der Waals surface area contributed by atoms with Gasteiger partial charge in [-0.1, -0.05) is 43.7 Å². The zero-order valence-corrected chi connectivity index (χ0v) is 18.1. The third-order valence-electron chi connectivity index (χ3n) is 5.73. The van der Waals surface area contributed by atoms with Crippen LogP contribution in [0.5, 0.6) is 5.75 Å². The standard InChI is InChI=1S/C25H33NO3/c1-5-29-25(13-9-10-18(2)16-25)24(27)26-22-14-19(3)23(20(4)15-22)28-17-21-11-7-6-8-12-21/h6-8,11-12,14-15,18H,5,9-10,13,16-17H2,1-4H3,(H,26,27). The Morgan fingerprint density at radius 1 is 1.17 bits per heavy atom. The van der Waals surface area contributed by atoms with Crippen LogP contribution in [0.25, 0.3) is 0 Å². The molecule has 2 atom stereocenters. The van der Waals surface area contributed by atoms with Crippen molar-refractivity contribution in [1.29, 1.82) is 0 Å².